The average Bonchev–Trinajstić information content (AvgIpc) is 2.83. The first-order valence-electron chi connectivity index (χ1n) is 10.3. The van der Waals surface area contributed by atoms with Crippen molar-refractivity contribution < 1.29 is 18.7 Å². The number of carbonyl (C=O) groups is 2. The topological polar surface area (TPSA) is 49.9 Å². The Morgan fingerprint density at radius 1 is 0.812 bits per heavy atom. The van der Waals surface area contributed by atoms with E-state index < -0.39 is 0 Å². The van der Waals surface area contributed by atoms with E-state index in [1.54, 1.807) is 70.5 Å². The van der Waals surface area contributed by atoms with Crippen molar-refractivity contribution in [3.63, 3.8) is 0 Å². The highest BCUT2D eigenvalue weighted by Gasteiger charge is 2.25. The van der Waals surface area contributed by atoms with Crippen LogP contribution in [0.1, 0.15) is 26.3 Å². The van der Waals surface area contributed by atoms with Gasteiger partial charge in [0.05, 0.1) is 0 Å². The van der Waals surface area contributed by atoms with Gasteiger partial charge in [-0.1, -0.05) is 29.8 Å². The molecule has 0 atom stereocenters. The van der Waals surface area contributed by atoms with E-state index in [1.165, 1.54) is 12.1 Å². The van der Waals surface area contributed by atoms with Crippen LogP contribution in [0.3, 0.4) is 0 Å². The van der Waals surface area contributed by atoms with Gasteiger partial charge in [0.25, 0.3) is 11.8 Å². The Balaban J connectivity index is 1.33. The molecule has 1 saturated heterocycles. The maximum absolute atomic E-state index is 13.0. The van der Waals surface area contributed by atoms with Crippen LogP contribution in [0.5, 0.6) is 5.75 Å². The zero-order chi connectivity index (χ0) is 22.5. The van der Waals surface area contributed by atoms with E-state index >= 15 is 0 Å². The summed E-state index contributed by atoms with van der Waals surface area (Å²) in [6.07, 6.45) is 0. The minimum atomic E-state index is -0.295. The molecule has 1 heterocycles. The lowest BCUT2D eigenvalue weighted by atomic mass is 10.1. The second-order valence-corrected chi connectivity index (χ2v) is 7.97. The van der Waals surface area contributed by atoms with E-state index in [1.807, 2.05) is 0 Å². The average molecular weight is 453 g/mol. The van der Waals surface area contributed by atoms with Crippen LogP contribution in [0.2, 0.25) is 5.02 Å². The van der Waals surface area contributed by atoms with E-state index in [9.17, 15) is 14.0 Å². The number of carbonyl (C=O) groups excluding carboxylic acids is 2. The fourth-order valence-corrected chi connectivity index (χ4v) is 3.66. The summed E-state index contributed by atoms with van der Waals surface area (Å²) < 4.78 is 18.8. The van der Waals surface area contributed by atoms with Crippen molar-refractivity contribution in [1.82, 2.24) is 9.80 Å². The van der Waals surface area contributed by atoms with Crippen molar-refractivity contribution in [2.24, 2.45) is 0 Å². The summed E-state index contributed by atoms with van der Waals surface area (Å²) in [5, 5.41) is 0.584. The fraction of sp³-hybridized carbons (Fsp3) is 0.200. The first-order valence-corrected chi connectivity index (χ1v) is 10.7. The molecule has 0 bridgehead atoms. The number of hydrogen-bond acceptors (Lipinski definition) is 3. The number of benzene rings is 3. The fourth-order valence-electron chi connectivity index (χ4n) is 3.54. The minimum Gasteiger partial charge on any atom is -0.489 e. The van der Waals surface area contributed by atoms with Gasteiger partial charge in [-0.3, -0.25) is 9.59 Å². The van der Waals surface area contributed by atoms with Crippen LogP contribution in [-0.4, -0.2) is 47.8 Å². The van der Waals surface area contributed by atoms with Crippen LogP contribution in [-0.2, 0) is 6.61 Å². The van der Waals surface area contributed by atoms with E-state index in [-0.39, 0.29) is 24.2 Å². The Bertz CT molecular complexity index is 1090. The molecule has 1 fully saturated rings. The maximum Gasteiger partial charge on any atom is 0.254 e. The quantitative estimate of drug-likeness (QED) is 0.566. The van der Waals surface area contributed by atoms with Crippen molar-refractivity contribution in [3.05, 3.63) is 100 Å². The van der Waals surface area contributed by atoms with Crippen LogP contribution in [0.25, 0.3) is 0 Å². The summed E-state index contributed by atoms with van der Waals surface area (Å²) in [6, 6.07) is 19.9. The molecule has 5 nitrogen and oxygen atoms in total. The molecule has 0 aliphatic carbocycles. The molecule has 1 aliphatic heterocycles. The summed E-state index contributed by atoms with van der Waals surface area (Å²) in [4.78, 5) is 29.1. The second kappa shape index (κ2) is 9.83. The molecular formula is C25H22ClFN2O3. The number of hydrogen-bond donors (Lipinski definition) is 0. The van der Waals surface area contributed by atoms with E-state index in [2.05, 4.69) is 0 Å². The van der Waals surface area contributed by atoms with Gasteiger partial charge in [0.2, 0.25) is 0 Å². The molecule has 0 N–H and O–H groups in total. The van der Waals surface area contributed by atoms with E-state index in [0.717, 1.165) is 5.56 Å². The van der Waals surface area contributed by atoms with Crippen LogP contribution < -0.4 is 4.74 Å². The van der Waals surface area contributed by atoms with Crippen molar-refractivity contribution in [2.75, 3.05) is 26.2 Å². The number of ether oxygens (including phenoxy) is 1. The second-order valence-electron chi connectivity index (χ2n) is 7.53. The molecule has 4 rings (SSSR count). The number of amides is 2. The van der Waals surface area contributed by atoms with Gasteiger partial charge in [-0.05, 0) is 60.2 Å². The summed E-state index contributed by atoms with van der Waals surface area (Å²) in [6.45, 7) is 2.13. The molecule has 0 radical (unpaired) electrons. The lowest BCUT2D eigenvalue weighted by molar-refractivity contribution is 0.0535. The SMILES string of the molecule is O=C(c1ccc(Cl)cc1)N1CCN(C(=O)c2cccc(OCc3ccc(F)cc3)c2)CC1. The zero-order valence-electron chi connectivity index (χ0n) is 17.3. The minimum absolute atomic E-state index is 0.0649. The third-order valence-corrected chi connectivity index (χ3v) is 5.60. The molecule has 0 saturated carbocycles. The van der Waals surface area contributed by atoms with Crippen molar-refractivity contribution >= 4 is 23.4 Å². The number of halogens is 2. The third kappa shape index (κ3) is 5.26. The van der Waals surface area contributed by atoms with Gasteiger partial charge >= 0.3 is 0 Å². The van der Waals surface area contributed by atoms with Crippen LogP contribution in [0.4, 0.5) is 4.39 Å². The van der Waals surface area contributed by atoms with E-state index in [0.29, 0.717) is 48.1 Å². The molecule has 32 heavy (non-hydrogen) atoms. The summed E-state index contributed by atoms with van der Waals surface area (Å²) >= 11 is 5.89. The maximum atomic E-state index is 13.0. The standard InChI is InChI=1S/C25H22ClFN2O3/c26-21-8-6-19(7-9-21)24(30)28-12-14-29(15-13-28)25(31)20-2-1-3-23(16-20)32-17-18-4-10-22(27)11-5-18/h1-11,16H,12-15,17H2. The van der Waals surface area contributed by atoms with Crippen LogP contribution >= 0.6 is 11.6 Å². The Labute approximate surface area is 191 Å². The van der Waals surface area contributed by atoms with Gasteiger partial charge in [0.15, 0.2) is 0 Å². The van der Waals surface area contributed by atoms with Gasteiger partial charge in [-0.2, -0.15) is 0 Å². The normalized spacial score (nSPS) is 13.7. The molecule has 0 aromatic heterocycles. The largest absolute Gasteiger partial charge is 0.489 e. The van der Waals surface area contributed by atoms with Crippen LogP contribution in [0, 0.1) is 5.82 Å². The lowest BCUT2D eigenvalue weighted by Gasteiger charge is -2.35. The van der Waals surface area contributed by atoms with Gasteiger partial charge in [-0.25, -0.2) is 4.39 Å². The monoisotopic (exact) mass is 452 g/mol. The van der Waals surface area contributed by atoms with Crippen molar-refractivity contribution in [2.45, 2.75) is 6.61 Å². The predicted octanol–water partition coefficient (Wildman–Crippen LogP) is 4.66. The number of rotatable bonds is 5. The highest BCUT2D eigenvalue weighted by molar-refractivity contribution is 6.30. The third-order valence-electron chi connectivity index (χ3n) is 5.35. The molecule has 0 unspecified atom stereocenters. The zero-order valence-corrected chi connectivity index (χ0v) is 18.1. The Kier molecular flexibility index (Phi) is 6.71. The predicted molar refractivity (Wildman–Crippen MR) is 120 cm³/mol. The van der Waals surface area contributed by atoms with E-state index in [4.69, 9.17) is 16.3 Å². The van der Waals surface area contributed by atoms with Gasteiger partial charge in [0, 0.05) is 42.3 Å². The Morgan fingerprint density at radius 3 is 2.03 bits per heavy atom. The molecule has 7 heteroatoms. The molecule has 0 spiro atoms. The lowest BCUT2D eigenvalue weighted by Crippen LogP contribution is -2.50. The first kappa shape index (κ1) is 21.8. The first-order chi connectivity index (χ1) is 15.5. The molecule has 164 valence electrons. The molecular weight excluding hydrogens is 431 g/mol. The number of nitrogens with zero attached hydrogens (tertiary/aromatic N) is 2. The molecule has 1 aliphatic rings. The van der Waals surface area contributed by atoms with Crippen molar-refractivity contribution in [3.8, 4) is 5.75 Å². The molecule has 3 aromatic rings. The van der Waals surface area contributed by atoms with Gasteiger partial charge in [0.1, 0.15) is 18.2 Å². The smallest absolute Gasteiger partial charge is 0.254 e. The van der Waals surface area contributed by atoms with Gasteiger partial charge < -0.3 is 14.5 Å². The highest BCUT2D eigenvalue weighted by atomic mass is 35.5. The van der Waals surface area contributed by atoms with Gasteiger partial charge in [-0.15, -0.1) is 0 Å². The molecule has 2 amide bonds. The Morgan fingerprint density at radius 2 is 1.41 bits per heavy atom. The highest BCUT2D eigenvalue weighted by Crippen LogP contribution is 2.19. The van der Waals surface area contributed by atoms with Crippen LogP contribution in [0.15, 0.2) is 72.8 Å². The van der Waals surface area contributed by atoms with Crippen molar-refractivity contribution in [1.29, 1.82) is 0 Å². The number of piperazine rings is 1. The summed E-state index contributed by atoms with van der Waals surface area (Å²) in [7, 11) is 0. The summed E-state index contributed by atoms with van der Waals surface area (Å²) in [5.41, 5.74) is 1.95. The molecule has 3 aromatic carbocycles. The summed E-state index contributed by atoms with van der Waals surface area (Å²) in [5.74, 6) is 0.105. The Hall–Kier alpha value is -3.38.